The fraction of sp³-hybridized carbons (Fsp3) is 0.182. The predicted octanol–water partition coefficient (Wildman–Crippen LogP) is 0.321. The van der Waals surface area contributed by atoms with Crippen molar-refractivity contribution in [1.29, 1.82) is 0 Å². The Labute approximate surface area is 93.3 Å². The van der Waals surface area contributed by atoms with Gasteiger partial charge in [0, 0.05) is 0 Å². The minimum atomic E-state index is -1.06. The number of nitrogens with two attached hydrogens (primary N) is 1. The van der Waals surface area contributed by atoms with Gasteiger partial charge in [-0.25, -0.2) is 5.43 Å². The quantitative estimate of drug-likeness (QED) is 0.426. The van der Waals surface area contributed by atoms with Crippen LogP contribution in [0.4, 0.5) is 0 Å². The van der Waals surface area contributed by atoms with E-state index in [1.807, 2.05) is 31.2 Å². The fourth-order valence-corrected chi connectivity index (χ4v) is 1.05. The van der Waals surface area contributed by atoms with E-state index < -0.39 is 11.8 Å². The third kappa shape index (κ3) is 3.20. The van der Waals surface area contributed by atoms with Crippen molar-refractivity contribution in [3.63, 3.8) is 0 Å². The van der Waals surface area contributed by atoms with Crippen LogP contribution in [-0.4, -0.2) is 17.5 Å². The molecular weight excluding hydrogens is 206 g/mol. The summed E-state index contributed by atoms with van der Waals surface area (Å²) in [7, 11) is 0. The number of rotatable bonds is 2. The fourth-order valence-electron chi connectivity index (χ4n) is 1.05. The summed E-state index contributed by atoms with van der Waals surface area (Å²) < 4.78 is 0. The second-order valence-electron chi connectivity index (χ2n) is 3.37. The summed E-state index contributed by atoms with van der Waals surface area (Å²) in [5.74, 6) is -1.98. The van der Waals surface area contributed by atoms with Crippen molar-refractivity contribution in [2.24, 2.45) is 10.8 Å². The van der Waals surface area contributed by atoms with Crippen LogP contribution in [0.2, 0.25) is 0 Å². The first kappa shape index (κ1) is 11.9. The molecule has 5 heteroatoms. The Kier molecular flexibility index (Phi) is 3.77. The number of primary amides is 1. The van der Waals surface area contributed by atoms with Gasteiger partial charge >= 0.3 is 11.8 Å². The molecule has 0 unspecified atom stereocenters. The molecular formula is C11H13N3O2. The van der Waals surface area contributed by atoms with Crippen molar-refractivity contribution >= 4 is 17.5 Å². The van der Waals surface area contributed by atoms with Gasteiger partial charge in [-0.2, -0.15) is 5.10 Å². The van der Waals surface area contributed by atoms with Gasteiger partial charge < -0.3 is 5.73 Å². The molecule has 0 aliphatic heterocycles. The molecule has 3 N–H and O–H groups in total. The molecule has 0 radical (unpaired) electrons. The van der Waals surface area contributed by atoms with E-state index in [1.165, 1.54) is 0 Å². The number of carbonyl (C=O) groups is 2. The molecule has 0 aliphatic carbocycles. The van der Waals surface area contributed by atoms with Crippen molar-refractivity contribution in [3.8, 4) is 0 Å². The van der Waals surface area contributed by atoms with E-state index in [9.17, 15) is 9.59 Å². The number of benzene rings is 1. The summed E-state index contributed by atoms with van der Waals surface area (Å²) in [6, 6.07) is 7.63. The maximum atomic E-state index is 10.8. The number of hydrazone groups is 1. The van der Waals surface area contributed by atoms with E-state index in [0.29, 0.717) is 5.71 Å². The van der Waals surface area contributed by atoms with Gasteiger partial charge in [-0.05, 0) is 19.4 Å². The van der Waals surface area contributed by atoms with Crippen molar-refractivity contribution in [2.45, 2.75) is 13.8 Å². The topological polar surface area (TPSA) is 84.6 Å². The van der Waals surface area contributed by atoms with Crippen LogP contribution in [0.15, 0.2) is 29.4 Å². The molecule has 0 bridgehead atoms. The summed E-state index contributed by atoms with van der Waals surface area (Å²) in [6.45, 7) is 3.71. The van der Waals surface area contributed by atoms with Crippen LogP contribution in [0.25, 0.3) is 0 Å². The van der Waals surface area contributed by atoms with Crippen molar-refractivity contribution < 1.29 is 9.59 Å². The molecule has 0 saturated carbocycles. The average Bonchev–Trinajstić information content (AvgIpc) is 2.26. The van der Waals surface area contributed by atoms with E-state index in [4.69, 9.17) is 5.73 Å². The molecule has 0 atom stereocenters. The van der Waals surface area contributed by atoms with Crippen molar-refractivity contribution in [2.75, 3.05) is 0 Å². The molecule has 0 fully saturated rings. The summed E-state index contributed by atoms with van der Waals surface area (Å²) in [4.78, 5) is 21.3. The van der Waals surface area contributed by atoms with Crippen LogP contribution in [0.1, 0.15) is 18.1 Å². The lowest BCUT2D eigenvalue weighted by atomic mass is 10.1. The van der Waals surface area contributed by atoms with Crippen LogP contribution in [0.3, 0.4) is 0 Å². The number of hydrogen-bond donors (Lipinski definition) is 2. The maximum absolute atomic E-state index is 10.8. The number of nitrogens with zero attached hydrogens (tertiary/aromatic N) is 1. The second-order valence-corrected chi connectivity index (χ2v) is 3.37. The van der Waals surface area contributed by atoms with Gasteiger partial charge in [0.2, 0.25) is 0 Å². The minimum absolute atomic E-state index is 0.606. The maximum Gasteiger partial charge on any atom is 0.329 e. The van der Waals surface area contributed by atoms with Gasteiger partial charge in [-0.3, -0.25) is 9.59 Å². The molecule has 2 amide bonds. The van der Waals surface area contributed by atoms with E-state index in [-0.39, 0.29) is 0 Å². The molecule has 1 aromatic carbocycles. The zero-order valence-corrected chi connectivity index (χ0v) is 9.15. The third-order valence-electron chi connectivity index (χ3n) is 2.02. The van der Waals surface area contributed by atoms with Crippen LogP contribution in [0.5, 0.6) is 0 Å². The highest BCUT2D eigenvalue weighted by molar-refractivity contribution is 6.34. The molecule has 0 aromatic heterocycles. The first-order valence-corrected chi connectivity index (χ1v) is 4.72. The number of amides is 2. The Morgan fingerprint density at radius 1 is 1.25 bits per heavy atom. The zero-order chi connectivity index (χ0) is 12.1. The molecule has 16 heavy (non-hydrogen) atoms. The highest BCUT2D eigenvalue weighted by atomic mass is 16.2. The lowest BCUT2D eigenvalue weighted by Gasteiger charge is -2.01. The number of hydrogen-bond acceptors (Lipinski definition) is 3. The summed E-state index contributed by atoms with van der Waals surface area (Å²) in [5.41, 5.74) is 9.44. The predicted molar refractivity (Wildman–Crippen MR) is 60.7 cm³/mol. The molecule has 1 aromatic rings. The van der Waals surface area contributed by atoms with Gasteiger partial charge in [-0.15, -0.1) is 0 Å². The van der Waals surface area contributed by atoms with E-state index in [0.717, 1.165) is 11.1 Å². The molecule has 84 valence electrons. The van der Waals surface area contributed by atoms with Crippen LogP contribution < -0.4 is 11.2 Å². The van der Waals surface area contributed by atoms with Crippen LogP contribution in [0, 0.1) is 6.92 Å². The average molecular weight is 219 g/mol. The first-order valence-electron chi connectivity index (χ1n) is 4.72. The van der Waals surface area contributed by atoms with Gasteiger partial charge in [0.1, 0.15) is 0 Å². The van der Waals surface area contributed by atoms with Crippen molar-refractivity contribution in [1.82, 2.24) is 5.43 Å². The normalized spacial score (nSPS) is 11.0. The Balaban J connectivity index is 2.74. The summed E-state index contributed by atoms with van der Waals surface area (Å²) in [5, 5.41) is 3.76. The van der Waals surface area contributed by atoms with Gasteiger partial charge in [0.05, 0.1) is 5.71 Å². The Morgan fingerprint density at radius 3 is 2.31 bits per heavy atom. The molecule has 0 saturated heterocycles. The SMILES string of the molecule is CC(=NNC(=O)C(N)=O)c1ccc(C)cc1. The summed E-state index contributed by atoms with van der Waals surface area (Å²) >= 11 is 0. The number of aryl methyl sites for hydroxylation is 1. The standard InChI is InChI=1S/C11H13N3O2/c1-7-3-5-9(6-4-7)8(2)13-14-11(16)10(12)15/h3-6H,1-2H3,(H2,12,15)(H,14,16). The van der Waals surface area contributed by atoms with Crippen molar-refractivity contribution in [3.05, 3.63) is 35.4 Å². The minimum Gasteiger partial charge on any atom is -0.361 e. The smallest absolute Gasteiger partial charge is 0.329 e. The lowest BCUT2D eigenvalue weighted by molar-refractivity contribution is -0.137. The Hall–Kier alpha value is -2.17. The lowest BCUT2D eigenvalue weighted by Crippen LogP contribution is -2.33. The highest BCUT2D eigenvalue weighted by Crippen LogP contribution is 2.03. The first-order chi connectivity index (χ1) is 7.50. The molecule has 0 heterocycles. The van der Waals surface area contributed by atoms with Crippen LogP contribution in [-0.2, 0) is 9.59 Å². The van der Waals surface area contributed by atoms with Gasteiger partial charge in [0.15, 0.2) is 0 Å². The zero-order valence-electron chi connectivity index (χ0n) is 9.15. The number of carbonyl (C=O) groups excluding carboxylic acids is 2. The van der Waals surface area contributed by atoms with Crippen LogP contribution >= 0.6 is 0 Å². The largest absolute Gasteiger partial charge is 0.361 e. The Bertz CT molecular complexity index is 435. The monoisotopic (exact) mass is 219 g/mol. The number of nitrogens with one attached hydrogen (secondary N) is 1. The van der Waals surface area contributed by atoms with E-state index in [1.54, 1.807) is 6.92 Å². The molecule has 0 aliphatic rings. The third-order valence-corrected chi connectivity index (χ3v) is 2.02. The van der Waals surface area contributed by atoms with Gasteiger partial charge in [0.25, 0.3) is 0 Å². The van der Waals surface area contributed by atoms with E-state index in [2.05, 4.69) is 10.5 Å². The van der Waals surface area contributed by atoms with Gasteiger partial charge in [-0.1, -0.05) is 29.8 Å². The summed E-state index contributed by atoms with van der Waals surface area (Å²) in [6.07, 6.45) is 0. The molecule has 0 spiro atoms. The Morgan fingerprint density at radius 2 is 1.81 bits per heavy atom. The molecule has 1 rings (SSSR count). The highest BCUT2D eigenvalue weighted by Gasteiger charge is 2.06. The molecule has 5 nitrogen and oxygen atoms in total. The van der Waals surface area contributed by atoms with E-state index >= 15 is 0 Å². The second kappa shape index (κ2) is 5.06.